The van der Waals surface area contributed by atoms with E-state index in [0.717, 1.165) is 5.56 Å². The predicted molar refractivity (Wildman–Crippen MR) is 109 cm³/mol. The van der Waals surface area contributed by atoms with Gasteiger partial charge >= 0.3 is 12.1 Å². The summed E-state index contributed by atoms with van der Waals surface area (Å²) >= 11 is 0. The highest BCUT2D eigenvalue weighted by Gasteiger charge is 2.25. The highest BCUT2D eigenvalue weighted by Crippen LogP contribution is 2.28. The van der Waals surface area contributed by atoms with Crippen molar-refractivity contribution in [3.63, 3.8) is 0 Å². The van der Waals surface area contributed by atoms with Gasteiger partial charge < -0.3 is 28.7 Å². The summed E-state index contributed by atoms with van der Waals surface area (Å²) in [6.07, 6.45) is 3.43. The highest BCUT2D eigenvalue weighted by atomic mass is 16.6. The number of allylic oxidation sites excluding steroid dienone is 1. The number of rotatable bonds is 8. The van der Waals surface area contributed by atoms with Gasteiger partial charge in [-0.3, -0.25) is 4.79 Å². The van der Waals surface area contributed by atoms with E-state index in [1.165, 1.54) is 7.11 Å². The molecule has 1 aromatic carbocycles. The van der Waals surface area contributed by atoms with Crippen LogP contribution in [0.15, 0.2) is 24.3 Å². The van der Waals surface area contributed by atoms with Gasteiger partial charge in [0.1, 0.15) is 0 Å². The number of hydrogen-bond donors (Lipinski definition) is 0. The zero-order chi connectivity index (χ0) is 21.9. The molecule has 0 aromatic heterocycles. The van der Waals surface area contributed by atoms with Gasteiger partial charge in [-0.2, -0.15) is 0 Å². The molecule has 0 atom stereocenters. The van der Waals surface area contributed by atoms with Crippen LogP contribution in [0.3, 0.4) is 0 Å². The third-order valence-electron chi connectivity index (χ3n) is 4.41. The summed E-state index contributed by atoms with van der Waals surface area (Å²) in [5.41, 5.74) is 0.943. The van der Waals surface area contributed by atoms with E-state index >= 15 is 0 Å². The largest absolute Gasteiger partial charge is 0.493 e. The molecule has 0 N–H and O–H groups in total. The Hall–Kier alpha value is -3.23. The van der Waals surface area contributed by atoms with Crippen molar-refractivity contribution in [2.75, 3.05) is 53.1 Å². The second-order valence-electron chi connectivity index (χ2n) is 6.43. The van der Waals surface area contributed by atoms with Gasteiger partial charge in [-0.15, -0.1) is 0 Å². The second-order valence-corrected chi connectivity index (χ2v) is 6.43. The van der Waals surface area contributed by atoms with Gasteiger partial charge in [0.05, 0.1) is 13.7 Å². The van der Waals surface area contributed by atoms with Crippen molar-refractivity contribution >= 4 is 24.0 Å². The minimum atomic E-state index is -0.659. The first-order chi connectivity index (χ1) is 14.5. The summed E-state index contributed by atoms with van der Waals surface area (Å²) in [6, 6.07) is 5.33. The fourth-order valence-electron chi connectivity index (χ4n) is 2.86. The Morgan fingerprint density at radius 1 is 1.00 bits per heavy atom. The van der Waals surface area contributed by atoms with Gasteiger partial charge in [0.15, 0.2) is 24.7 Å². The van der Waals surface area contributed by atoms with E-state index < -0.39 is 5.97 Å². The summed E-state index contributed by atoms with van der Waals surface area (Å²) < 4.78 is 20.7. The fourth-order valence-corrected chi connectivity index (χ4v) is 2.86. The number of piperazine rings is 1. The lowest BCUT2D eigenvalue weighted by atomic mass is 10.2. The molecule has 1 heterocycles. The third-order valence-corrected chi connectivity index (χ3v) is 4.41. The van der Waals surface area contributed by atoms with Crippen LogP contribution < -0.4 is 9.47 Å². The Morgan fingerprint density at radius 3 is 2.33 bits per heavy atom. The average Bonchev–Trinajstić information content (AvgIpc) is 2.76. The molecule has 1 aliphatic heterocycles. The first kappa shape index (κ1) is 23.1. The van der Waals surface area contributed by atoms with Gasteiger partial charge in [-0.25, -0.2) is 9.59 Å². The monoisotopic (exact) mass is 420 g/mol. The number of carbonyl (C=O) groups is 3. The smallest absolute Gasteiger partial charge is 0.409 e. The van der Waals surface area contributed by atoms with Crippen molar-refractivity contribution in [2.45, 2.75) is 13.8 Å². The lowest BCUT2D eigenvalue weighted by Crippen LogP contribution is -2.51. The molecule has 1 saturated heterocycles. The molecule has 9 nitrogen and oxygen atoms in total. The Balaban J connectivity index is 1.75. The average molecular weight is 420 g/mol. The molecule has 0 spiro atoms. The molecule has 0 bridgehead atoms. The van der Waals surface area contributed by atoms with Crippen molar-refractivity contribution in [1.82, 2.24) is 9.80 Å². The van der Waals surface area contributed by atoms with Crippen LogP contribution in [0, 0.1) is 0 Å². The van der Waals surface area contributed by atoms with Gasteiger partial charge in [0, 0.05) is 26.2 Å². The molecule has 0 aliphatic carbocycles. The number of methoxy groups -OCH3 is 1. The number of ether oxygens (including phenoxy) is 4. The van der Waals surface area contributed by atoms with Crippen LogP contribution in [0.5, 0.6) is 11.5 Å². The molecular formula is C21H28N2O7. The normalized spacial score (nSPS) is 13.8. The van der Waals surface area contributed by atoms with E-state index in [-0.39, 0.29) is 25.2 Å². The van der Waals surface area contributed by atoms with Gasteiger partial charge in [0.2, 0.25) is 0 Å². The molecule has 0 radical (unpaired) electrons. The van der Waals surface area contributed by atoms with Crippen LogP contribution >= 0.6 is 0 Å². The van der Waals surface area contributed by atoms with Crippen LogP contribution in [0.1, 0.15) is 19.4 Å². The van der Waals surface area contributed by atoms with Crippen LogP contribution in [0.4, 0.5) is 4.79 Å². The van der Waals surface area contributed by atoms with Gasteiger partial charge in [-0.05, 0) is 31.5 Å². The maximum absolute atomic E-state index is 12.2. The summed E-state index contributed by atoms with van der Waals surface area (Å²) in [4.78, 5) is 38.9. The SMILES string of the molecule is CC=Cc1ccc(OCC(=O)OCC(=O)N2CCN(C(=O)OCC)CC2)c(OC)c1. The number of hydrogen-bond acceptors (Lipinski definition) is 7. The molecule has 2 rings (SSSR count). The Morgan fingerprint density at radius 2 is 1.70 bits per heavy atom. The standard InChI is InChI=1S/C21H28N2O7/c1-4-6-16-7-8-17(18(13-16)27-3)29-15-20(25)30-14-19(24)22-9-11-23(12-10-22)21(26)28-5-2/h4,6-8,13H,5,9-12,14-15H2,1-3H3. The van der Waals surface area contributed by atoms with Crippen molar-refractivity contribution < 1.29 is 33.3 Å². The zero-order valence-corrected chi connectivity index (χ0v) is 17.6. The second kappa shape index (κ2) is 11.7. The lowest BCUT2D eigenvalue weighted by Gasteiger charge is -2.33. The van der Waals surface area contributed by atoms with E-state index in [2.05, 4.69) is 0 Å². The fraction of sp³-hybridized carbons (Fsp3) is 0.476. The van der Waals surface area contributed by atoms with Crippen molar-refractivity contribution in [1.29, 1.82) is 0 Å². The number of nitrogens with zero attached hydrogens (tertiary/aromatic N) is 2. The molecule has 0 unspecified atom stereocenters. The van der Waals surface area contributed by atoms with Crippen molar-refractivity contribution in [2.24, 2.45) is 0 Å². The number of esters is 1. The predicted octanol–water partition coefficient (Wildman–Crippen LogP) is 1.95. The Labute approximate surface area is 176 Å². The Bertz CT molecular complexity index is 771. The Kier molecular flexibility index (Phi) is 8.99. The number of carbonyl (C=O) groups excluding carboxylic acids is 3. The minimum Gasteiger partial charge on any atom is -0.493 e. The summed E-state index contributed by atoms with van der Waals surface area (Å²) in [5.74, 6) is -0.0775. The molecule has 30 heavy (non-hydrogen) atoms. The van der Waals surface area contributed by atoms with Crippen molar-refractivity contribution in [3.8, 4) is 11.5 Å². The topological polar surface area (TPSA) is 94.6 Å². The summed E-state index contributed by atoms with van der Waals surface area (Å²) in [5, 5.41) is 0. The van der Waals surface area contributed by atoms with E-state index in [4.69, 9.17) is 18.9 Å². The first-order valence-corrected chi connectivity index (χ1v) is 9.77. The van der Waals surface area contributed by atoms with Crippen molar-refractivity contribution in [3.05, 3.63) is 29.8 Å². The maximum Gasteiger partial charge on any atom is 0.409 e. The van der Waals surface area contributed by atoms with Gasteiger partial charge in [0.25, 0.3) is 5.91 Å². The van der Waals surface area contributed by atoms with E-state index in [1.54, 1.807) is 28.9 Å². The molecule has 1 aromatic rings. The van der Waals surface area contributed by atoms with E-state index in [1.807, 2.05) is 25.1 Å². The molecule has 1 fully saturated rings. The molecule has 2 amide bonds. The third kappa shape index (κ3) is 6.68. The highest BCUT2D eigenvalue weighted by molar-refractivity contribution is 5.81. The zero-order valence-electron chi connectivity index (χ0n) is 17.6. The molecule has 1 aliphatic rings. The minimum absolute atomic E-state index is 0.307. The van der Waals surface area contributed by atoms with Gasteiger partial charge in [-0.1, -0.05) is 18.2 Å². The lowest BCUT2D eigenvalue weighted by molar-refractivity contribution is -0.154. The van der Waals surface area contributed by atoms with Crippen LogP contribution in [-0.2, 0) is 19.1 Å². The molecular weight excluding hydrogens is 392 g/mol. The first-order valence-electron chi connectivity index (χ1n) is 9.77. The van der Waals surface area contributed by atoms with Crippen LogP contribution in [-0.4, -0.2) is 80.9 Å². The molecule has 164 valence electrons. The summed E-state index contributed by atoms with van der Waals surface area (Å²) in [7, 11) is 1.51. The quantitative estimate of drug-likeness (QED) is 0.593. The molecule has 9 heteroatoms. The van der Waals surface area contributed by atoms with E-state index in [0.29, 0.717) is 44.3 Å². The number of benzene rings is 1. The van der Waals surface area contributed by atoms with E-state index in [9.17, 15) is 14.4 Å². The van der Waals surface area contributed by atoms with Crippen LogP contribution in [0.2, 0.25) is 0 Å². The number of amides is 2. The van der Waals surface area contributed by atoms with Crippen LogP contribution in [0.25, 0.3) is 6.08 Å². The molecule has 0 saturated carbocycles. The summed E-state index contributed by atoms with van der Waals surface area (Å²) in [6.45, 7) is 4.72. The maximum atomic E-state index is 12.2.